The van der Waals surface area contributed by atoms with Crippen molar-refractivity contribution in [3.8, 4) is 5.75 Å². The molecule has 0 aliphatic heterocycles. The van der Waals surface area contributed by atoms with Crippen LogP contribution in [0.25, 0.3) is 0 Å². The van der Waals surface area contributed by atoms with Crippen molar-refractivity contribution < 1.29 is 14.7 Å². The van der Waals surface area contributed by atoms with Gasteiger partial charge < -0.3 is 5.11 Å². The molecule has 1 saturated carbocycles. The highest BCUT2D eigenvalue weighted by atomic mass is 16.3. The van der Waals surface area contributed by atoms with E-state index in [1.54, 1.807) is 19.1 Å². The molecule has 0 atom stereocenters. The number of benzene rings is 1. The van der Waals surface area contributed by atoms with Crippen molar-refractivity contribution >= 4 is 11.6 Å². The predicted molar refractivity (Wildman–Crippen MR) is 59.3 cm³/mol. The van der Waals surface area contributed by atoms with Crippen LogP contribution in [0.1, 0.15) is 31.7 Å². The molecule has 1 aromatic carbocycles. The van der Waals surface area contributed by atoms with Crippen molar-refractivity contribution in [2.24, 2.45) is 0 Å². The van der Waals surface area contributed by atoms with Gasteiger partial charge in [0.2, 0.25) is 0 Å². The number of phenols is 1. The number of rotatable bonds is 1. The van der Waals surface area contributed by atoms with Gasteiger partial charge in [-0.05, 0) is 31.0 Å². The molecule has 0 bridgehead atoms. The van der Waals surface area contributed by atoms with Gasteiger partial charge in [0, 0.05) is 12.8 Å². The van der Waals surface area contributed by atoms with Crippen LogP contribution in [-0.4, -0.2) is 16.7 Å². The number of Topliss-reactive ketones (excluding diaryl/α,β-unsaturated/α-hetero) is 2. The Hall–Kier alpha value is -1.64. The summed E-state index contributed by atoms with van der Waals surface area (Å²) in [5.74, 6) is 0.104. The van der Waals surface area contributed by atoms with E-state index in [4.69, 9.17) is 0 Å². The highest BCUT2D eigenvalue weighted by molar-refractivity contribution is 6.13. The Kier molecular flexibility index (Phi) is 2.54. The van der Waals surface area contributed by atoms with Gasteiger partial charge in [0.25, 0.3) is 0 Å². The first kappa shape index (κ1) is 10.9. The minimum Gasteiger partial charge on any atom is -0.508 e. The predicted octanol–water partition coefficient (Wildman–Crippen LogP) is 1.97. The van der Waals surface area contributed by atoms with E-state index in [0.717, 1.165) is 0 Å². The van der Waals surface area contributed by atoms with E-state index >= 15 is 0 Å². The van der Waals surface area contributed by atoms with Crippen molar-refractivity contribution in [2.75, 3.05) is 0 Å². The lowest BCUT2D eigenvalue weighted by Gasteiger charge is -2.30. The molecule has 3 nitrogen and oxygen atoms in total. The topological polar surface area (TPSA) is 54.4 Å². The van der Waals surface area contributed by atoms with Gasteiger partial charge >= 0.3 is 0 Å². The summed E-state index contributed by atoms with van der Waals surface area (Å²) in [5.41, 5.74) is -0.327. The molecule has 1 aromatic rings. The summed E-state index contributed by atoms with van der Waals surface area (Å²) in [4.78, 5) is 23.9. The monoisotopic (exact) mass is 218 g/mol. The van der Waals surface area contributed by atoms with Crippen molar-refractivity contribution in [1.82, 2.24) is 0 Å². The molecule has 3 heteroatoms. The Morgan fingerprint density at radius 1 is 1.06 bits per heavy atom. The van der Waals surface area contributed by atoms with Crippen LogP contribution in [0, 0.1) is 0 Å². The maximum atomic E-state index is 11.9. The van der Waals surface area contributed by atoms with E-state index in [2.05, 4.69) is 0 Å². The fraction of sp³-hybridized carbons (Fsp3) is 0.385. The zero-order valence-corrected chi connectivity index (χ0v) is 9.19. The van der Waals surface area contributed by atoms with Crippen LogP contribution < -0.4 is 0 Å². The summed E-state index contributed by atoms with van der Waals surface area (Å²) in [5, 5.41) is 9.20. The van der Waals surface area contributed by atoms with E-state index in [9.17, 15) is 14.7 Å². The molecule has 16 heavy (non-hydrogen) atoms. The highest BCUT2D eigenvalue weighted by Crippen LogP contribution is 2.34. The van der Waals surface area contributed by atoms with Crippen LogP contribution in [0.15, 0.2) is 24.3 Å². The second-order valence-electron chi connectivity index (χ2n) is 4.37. The molecule has 0 unspecified atom stereocenters. The number of carbonyl (C=O) groups excluding carboxylic acids is 2. The lowest BCUT2D eigenvalue weighted by atomic mass is 9.69. The Morgan fingerprint density at radius 2 is 1.56 bits per heavy atom. The number of carbonyl (C=O) groups is 2. The summed E-state index contributed by atoms with van der Waals surface area (Å²) in [6, 6.07) is 6.32. The van der Waals surface area contributed by atoms with Gasteiger partial charge in [0.1, 0.15) is 11.2 Å². The lowest BCUT2D eigenvalue weighted by molar-refractivity contribution is -0.137. The lowest BCUT2D eigenvalue weighted by Crippen LogP contribution is -2.43. The Labute approximate surface area is 94.1 Å². The zero-order valence-electron chi connectivity index (χ0n) is 9.19. The van der Waals surface area contributed by atoms with E-state index in [1.165, 1.54) is 12.1 Å². The molecule has 0 spiro atoms. The zero-order chi connectivity index (χ0) is 11.8. The quantitative estimate of drug-likeness (QED) is 0.733. The van der Waals surface area contributed by atoms with Gasteiger partial charge in [0.15, 0.2) is 11.6 Å². The Bertz CT molecular complexity index is 415. The molecular weight excluding hydrogens is 204 g/mol. The third-order valence-electron chi connectivity index (χ3n) is 3.37. The molecule has 0 radical (unpaired) electrons. The molecular formula is C13H14O3. The van der Waals surface area contributed by atoms with Crippen LogP contribution in [-0.2, 0) is 15.0 Å². The minimum absolute atomic E-state index is 0.0190. The fourth-order valence-electron chi connectivity index (χ4n) is 2.18. The normalized spacial score (nSPS) is 19.8. The van der Waals surface area contributed by atoms with Crippen molar-refractivity contribution in [3.63, 3.8) is 0 Å². The van der Waals surface area contributed by atoms with Crippen LogP contribution in [0.4, 0.5) is 0 Å². The van der Waals surface area contributed by atoms with Crippen molar-refractivity contribution in [3.05, 3.63) is 29.8 Å². The highest BCUT2D eigenvalue weighted by Gasteiger charge is 2.43. The maximum absolute atomic E-state index is 11.9. The molecule has 1 fully saturated rings. The summed E-state index contributed by atoms with van der Waals surface area (Å²) in [6.07, 6.45) is 1.58. The number of ketones is 2. The first-order valence-electron chi connectivity index (χ1n) is 5.41. The van der Waals surface area contributed by atoms with Gasteiger partial charge in [-0.3, -0.25) is 9.59 Å². The van der Waals surface area contributed by atoms with Gasteiger partial charge in [-0.15, -0.1) is 0 Å². The fourth-order valence-corrected chi connectivity index (χ4v) is 2.18. The molecule has 1 aliphatic carbocycles. The summed E-state index contributed by atoms with van der Waals surface area (Å²) in [6.45, 7) is 1.68. The first-order chi connectivity index (χ1) is 7.55. The average Bonchev–Trinajstić information content (AvgIpc) is 2.27. The van der Waals surface area contributed by atoms with Gasteiger partial charge in [-0.25, -0.2) is 0 Å². The molecule has 2 rings (SSSR count). The second kappa shape index (κ2) is 3.74. The third kappa shape index (κ3) is 1.52. The van der Waals surface area contributed by atoms with Gasteiger partial charge in [-0.1, -0.05) is 12.1 Å². The molecule has 1 aliphatic rings. The summed E-state index contributed by atoms with van der Waals surface area (Å²) in [7, 11) is 0. The first-order valence-corrected chi connectivity index (χ1v) is 5.41. The smallest absolute Gasteiger partial charge is 0.150 e. The van der Waals surface area contributed by atoms with Crippen LogP contribution in [0.2, 0.25) is 0 Å². The number of hydrogen-bond acceptors (Lipinski definition) is 3. The number of phenolic OH excluding ortho intramolecular Hbond substituents is 1. The van der Waals surface area contributed by atoms with Crippen molar-refractivity contribution in [2.45, 2.75) is 31.6 Å². The standard InChI is InChI=1S/C13H14O3/c1-13(9-5-7-10(14)8-6-9)11(15)3-2-4-12(13)16/h5-8,14H,2-4H2,1H3. The third-order valence-corrected chi connectivity index (χ3v) is 3.37. The van der Waals surface area contributed by atoms with Crippen LogP contribution in [0.5, 0.6) is 5.75 Å². The SMILES string of the molecule is CC1(c2ccc(O)cc2)C(=O)CCCC1=O. The number of aromatic hydroxyl groups is 1. The Morgan fingerprint density at radius 3 is 2.06 bits per heavy atom. The van der Waals surface area contributed by atoms with E-state index < -0.39 is 5.41 Å². The molecule has 1 N–H and O–H groups in total. The molecule has 0 aromatic heterocycles. The average molecular weight is 218 g/mol. The maximum Gasteiger partial charge on any atom is 0.150 e. The van der Waals surface area contributed by atoms with Crippen LogP contribution >= 0.6 is 0 Å². The van der Waals surface area contributed by atoms with Crippen LogP contribution in [0.3, 0.4) is 0 Å². The molecule has 84 valence electrons. The van der Waals surface area contributed by atoms with Crippen molar-refractivity contribution in [1.29, 1.82) is 0 Å². The van der Waals surface area contributed by atoms with E-state index in [0.29, 0.717) is 24.8 Å². The molecule has 0 amide bonds. The van der Waals surface area contributed by atoms with E-state index in [1.807, 2.05) is 0 Å². The minimum atomic E-state index is -1.01. The summed E-state index contributed by atoms with van der Waals surface area (Å²) >= 11 is 0. The molecule has 0 heterocycles. The second-order valence-corrected chi connectivity index (χ2v) is 4.37. The van der Waals surface area contributed by atoms with E-state index in [-0.39, 0.29) is 17.3 Å². The van der Waals surface area contributed by atoms with Gasteiger partial charge in [-0.2, -0.15) is 0 Å². The van der Waals surface area contributed by atoms with Gasteiger partial charge in [0.05, 0.1) is 0 Å². The largest absolute Gasteiger partial charge is 0.508 e. The number of hydrogen-bond donors (Lipinski definition) is 1. The molecule has 0 saturated heterocycles. The Balaban J connectivity index is 2.46. The summed E-state index contributed by atoms with van der Waals surface area (Å²) < 4.78 is 0.